The van der Waals surface area contributed by atoms with Gasteiger partial charge >= 0.3 is 11.9 Å². The molecule has 1 aliphatic heterocycles. The zero-order valence-corrected chi connectivity index (χ0v) is 17.9. The summed E-state index contributed by atoms with van der Waals surface area (Å²) in [6.45, 7) is 1.81. The summed E-state index contributed by atoms with van der Waals surface area (Å²) in [5.41, 5.74) is 1.25. The van der Waals surface area contributed by atoms with Crippen LogP contribution in [0, 0.1) is 0 Å². The highest BCUT2D eigenvalue weighted by atomic mass is 35.5. The number of carbonyl (C=O) groups is 2. The molecule has 0 bridgehead atoms. The smallest absolute Gasteiger partial charge is 0.363 e. The maximum Gasteiger partial charge on any atom is 0.363 e. The lowest BCUT2D eigenvalue weighted by Gasteiger charge is -2.13. The molecule has 3 rings (SSSR count). The molecular weight excluding hydrogens is 426 g/mol. The topological polar surface area (TPSA) is 92.6 Å². The number of nitrogens with zero attached hydrogens (tertiary/aromatic N) is 1. The molecule has 0 N–H and O–H groups in total. The van der Waals surface area contributed by atoms with Crippen molar-refractivity contribution in [2.75, 3.05) is 27.4 Å². The molecule has 0 spiro atoms. The molecule has 0 fully saturated rings. The van der Waals surface area contributed by atoms with Crippen LogP contribution in [0.15, 0.2) is 47.1 Å². The van der Waals surface area contributed by atoms with Gasteiger partial charge in [0.25, 0.3) is 0 Å². The Kier molecular flexibility index (Phi) is 7.15. The molecule has 0 aromatic heterocycles. The summed E-state index contributed by atoms with van der Waals surface area (Å²) in [5, 5.41) is 0.199. The van der Waals surface area contributed by atoms with Crippen molar-refractivity contribution in [3.05, 3.63) is 58.2 Å². The first kappa shape index (κ1) is 22.2. The zero-order valence-electron chi connectivity index (χ0n) is 17.1. The molecule has 1 heterocycles. The first-order chi connectivity index (χ1) is 14.9. The van der Waals surface area contributed by atoms with Gasteiger partial charge in [-0.2, -0.15) is 0 Å². The van der Waals surface area contributed by atoms with Crippen molar-refractivity contribution < 1.29 is 33.3 Å². The molecule has 2 aromatic rings. The summed E-state index contributed by atoms with van der Waals surface area (Å²) in [4.78, 5) is 28.0. The van der Waals surface area contributed by atoms with E-state index in [0.29, 0.717) is 29.2 Å². The van der Waals surface area contributed by atoms with Crippen LogP contribution in [0.25, 0.3) is 6.08 Å². The third kappa shape index (κ3) is 5.35. The number of rotatable bonds is 8. The van der Waals surface area contributed by atoms with Crippen molar-refractivity contribution in [2.24, 2.45) is 4.99 Å². The summed E-state index contributed by atoms with van der Waals surface area (Å²) in [7, 11) is 2.80. The number of carbonyl (C=O) groups excluding carboxylic acids is 2. The van der Waals surface area contributed by atoms with E-state index in [1.54, 1.807) is 50.4 Å². The van der Waals surface area contributed by atoms with Gasteiger partial charge in [0, 0.05) is 5.56 Å². The zero-order chi connectivity index (χ0) is 22.4. The van der Waals surface area contributed by atoms with E-state index in [-0.39, 0.29) is 29.0 Å². The summed E-state index contributed by atoms with van der Waals surface area (Å²) in [5.74, 6) is 0.143. The lowest BCUT2D eigenvalue weighted by atomic mass is 10.1. The summed E-state index contributed by atoms with van der Waals surface area (Å²) in [6.07, 6.45) is 1.52. The fourth-order valence-corrected chi connectivity index (χ4v) is 2.98. The fraction of sp³-hybridized carbons (Fsp3) is 0.227. The highest BCUT2D eigenvalue weighted by molar-refractivity contribution is 6.32. The van der Waals surface area contributed by atoms with Gasteiger partial charge < -0.3 is 23.7 Å². The summed E-state index contributed by atoms with van der Waals surface area (Å²) >= 11 is 6.32. The Balaban J connectivity index is 1.91. The SMILES string of the molecule is CCOc1cc(C=C2N=C(c3cccc(OC)c3)OC2=O)cc(Cl)c1OCC(=O)OC. The van der Waals surface area contributed by atoms with Gasteiger partial charge in [-0.1, -0.05) is 17.7 Å². The Morgan fingerprint density at radius 1 is 1.19 bits per heavy atom. The highest BCUT2D eigenvalue weighted by Gasteiger charge is 2.25. The Labute approximate surface area is 184 Å². The molecule has 0 saturated heterocycles. The second kappa shape index (κ2) is 9.99. The van der Waals surface area contributed by atoms with Gasteiger partial charge in [-0.25, -0.2) is 14.6 Å². The lowest BCUT2D eigenvalue weighted by molar-refractivity contribution is -0.143. The van der Waals surface area contributed by atoms with Gasteiger partial charge in [0.05, 0.1) is 25.8 Å². The number of aliphatic imine (C=N–C) groups is 1. The van der Waals surface area contributed by atoms with Crippen molar-refractivity contribution in [3.63, 3.8) is 0 Å². The Hall–Kier alpha value is -3.52. The molecule has 0 amide bonds. The van der Waals surface area contributed by atoms with Crippen LogP contribution in [-0.2, 0) is 19.1 Å². The van der Waals surface area contributed by atoms with Crippen molar-refractivity contribution >= 4 is 35.5 Å². The minimum atomic E-state index is -0.599. The Bertz CT molecular complexity index is 1060. The molecule has 31 heavy (non-hydrogen) atoms. The second-order valence-corrected chi connectivity index (χ2v) is 6.60. The fourth-order valence-electron chi connectivity index (χ4n) is 2.71. The van der Waals surface area contributed by atoms with Gasteiger partial charge in [-0.15, -0.1) is 0 Å². The number of hydrogen-bond acceptors (Lipinski definition) is 8. The number of benzene rings is 2. The van der Waals surface area contributed by atoms with Crippen LogP contribution in [0.2, 0.25) is 5.02 Å². The van der Waals surface area contributed by atoms with Crippen LogP contribution >= 0.6 is 11.6 Å². The Morgan fingerprint density at radius 3 is 2.71 bits per heavy atom. The van der Waals surface area contributed by atoms with Gasteiger partial charge in [0.2, 0.25) is 5.90 Å². The third-order valence-corrected chi connectivity index (χ3v) is 4.42. The van der Waals surface area contributed by atoms with Crippen LogP contribution < -0.4 is 14.2 Å². The maximum atomic E-state index is 12.3. The predicted molar refractivity (Wildman–Crippen MR) is 114 cm³/mol. The molecule has 1 aliphatic rings. The molecule has 2 aromatic carbocycles. The van der Waals surface area contributed by atoms with E-state index in [1.807, 2.05) is 0 Å². The predicted octanol–water partition coefficient (Wildman–Crippen LogP) is 3.64. The summed E-state index contributed by atoms with van der Waals surface area (Å²) < 4.78 is 26.0. The van der Waals surface area contributed by atoms with Crippen molar-refractivity contribution in [3.8, 4) is 17.2 Å². The molecule has 162 valence electrons. The van der Waals surface area contributed by atoms with E-state index in [2.05, 4.69) is 9.73 Å². The van der Waals surface area contributed by atoms with E-state index in [0.717, 1.165) is 0 Å². The van der Waals surface area contributed by atoms with E-state index in [9.17, 15) is 9.59 Å². The number of esters is 2. The Morgan fingerprint density at radius 2 is 2.00 bits per heavy atom. The lowest BCUT2D eigenvalue weighted by Crippen LogP contribution is -2.13. The molecule has 0 atom stereocenters. The van der Waals surface area contributed by atoms with Gasteiger partial charge in [0.1, 0.15) is 5.75 Å². The van der Waals surface area contributed by atoms with E-state index in [1.165, 1.54) is 13.2 Å². The third-order valence-electron chi connectivity index (χ3n) is 4.13. The molecule has 0 saturated carbocycles. The number of ether oxygens (including phenoxy) is 5. The van der Waals surface area contributed by atoms with Crippen LogP contribution in [0.3, 0.4) is 0 Å². The van der Waals surface area contributed by atoms with Gasteiger partial charge in [-0.3, -0.25) is 0 Å². The molecule has 0 aliphatic carbocycles. The van der Waals surface area contributed by atoms with Crippen LogP contribution in [0.5, 0.6) is 17.2 Å². The standard InChI is InChI=1S/C22H20ClNO7/c1-4-29-18-10-13(8-16(23)20(18)30-12-19(25)28-3)9-17-22(26)31-21(24-17)14-6-5-7-15(11-14)27-2/h5-11H,4,12H2,1-3H3. The van der Waals surface area contributed by atoms with E-state index in [4.69, 9.17) is 30.5 Å². The largest absolute Gasteiger partial charge is 0.497 e. The quantitative estimate of drug-likeness (QED) is 0.452. The maximum absolute atomic E-state index is 12.3. The van der Waals surface area contributed by atoms with Gasteiger partial charge in [-0.05, 0) is 48.9 Å². The van der Waals surface area contributed by atoms with Crippen LogP contribution in [0.1, 0.15) is 18.1 Å². The molecular formula is C22H20ClNO7. The molecule has 9 heteroatoms. The second-order valence-electron chi connectivity index (χ2n) is 6.20. The monoisotopic (exact) mass is 445 g/mol. The van der Waals surface area contributed by atoms with Crippen LogP contribution in [-0.4, -0.2) is 45.3 Å². The molecule has 8 nitrogen and oxygen atoms in total. The number of halogens is 1. The van der Waals surface area contributed by atoms with E-state index >= 15 is 0 Å². The average Bonchev–Trinajstić information content (AvgIpc) is 3.13. The average molecular weight is 446 g/mol. The molecule has 0 radical (unpaired) electrons. The van der Waals surface area contributed by atoms with Crippen molar-refractivity contribution in [2.45, 2.75) is 6.92 Å². The highest BCUT2D eigenvalue weighted by Crippen LogP contribution is 2.37. The van der Waals surface area contributed by atoms with Crippen molar-refractivity contribution in [1.29, 1.82) is 0 Å². The van der Waals surface area contributed by atoms with E-state index < -0.39 is 11.9 Å². The minimum Gasteiger partial charge on any atom is -0.497 e. The van der Waals surface area contributed by atoms with Gasteiger partial charge in [0.15, 0.2) is 23.8 Å². The number of methoxy groups -OCH3 is 2. The minimum absolute atomic E-state index is 0.0968. The normalized spacial score (nSPS) is 14.1. The number of hydrogen-bond donors (Lipinski definition) is 0. The van der Waals surface area contributed by atoms with Crippen molar-refractivity contribution in [1.82, 2.24) is 0 Å². The first-order valence-corrected chi connectivity index (χ1v) is 9.66. The summed E-state index contributed by atoms with van der Waals surface area (Å²) in [6, 6.07) is 10.2. The first-order valence-electron chi connectivity index (χ1n) is 9.28. The molecule has 0 unspecified atom stereocenters. The number of cyclic esters (lactones) is 1. The van der Waals surface area contributed by atoms with Crippen LogP contribution in [0.4, 0.5) is 0 Å².